The van der Waals surface area contributed by atoms with Crippen LogP contribution >= 0.6 is 0 Å². The average Bonchev–Trinajstić information content (AvgIpc) is 3.05. The summed E-state index contributed by atoms with van der Waals surface area (Å²) in [6, 6.07) is 3.08. The molecule has 2 aliphatic rings. The van der Waals surface area contributed by atoms with E-state index in [1.807, 2.05) is 25.5 Å². The summed E-state index contributed by atoms with van der Waals surface area (Å²) < 4.78 is 0. The molecule has 1 saturated carbocycles. The van der Waals surface area contributed by atoms with Crippen LogP contribution in [0.25, 0.3) is 16.6 Å². The van der Waals surface area contributed by atoms with Crippen molar-refractivity contribution in [1.82, 2.24) is 24.8 Å². The molecule has 1 saturated heterocycles. The van der Waals surface area contributed by atoms with Crippen LogP contribution in [0.3, 0.4) is 0 Å². The largest absolute Gasteiger partial charge is 0.346 e. The molecule has 4 rings (SSSR count). The lowest BCUT2D eigenvalue weighted by atomic mass is 9.81. The van der Waals surface area contributed by atoms with E-state index in [0.717, 1.165) is 28.2 Å². The normalized spacial score (nSPS) is 24.7. The number of likely N-dealkylation sites (N-methyl/N-ethyl adjacent to an activating group) is 1. The molecule has 6 heteroatoms. The van der Waals surface area contributed by atoms with E-state index < -0.39 is 0 Å². The van der Waals surface area contributed by atoms with Gasteiger partial charge in [0.2, 0.25) is 0 Å². The van der Waals surface area contributed by atoms with Gasteiger partial charge < -0.3 is 14.9 Å². The Morgan fingerprint density at radius 2 is 2.03 bits per heavy atom. The predicted octanol–water partition coefficient (Wildman–Crippen LogP) is 3.56. The summed E-state index contributed by atoms with van der Waals surface area (Å²) >= 11 is 0. The van der Waals surface area contributed by atoms with Crippen LogP contribution < -0.4 is 5.84 Å². The minimum absolute atomic E-state index is 0.601. The van der Waals surface area contributed by atoms with Crippen molar-refractivity contribution in [3.8, 4) is 0 Å². The highest BCUT2D eigenvalue weighted by molar-refractivity contribution is 5.93. The maximum absolute atomic E-state index is 5.83. The number of hydrogen-bond acceptors (Lipinski definition) is 5. The summed E-state index contributed by atoms with van der Waals surface area (Å²) in [5.41, 5.74) is 4.39. The van der Waals surface area contributed by atoms with Gasteiger partial charge in [-0.2, -0.15) is 0 Å². The molecule has 1 aliphatic carbocycles. The second-order valence-corrected chi connectivity index (χ2v) is 9.02. The summed E-state index contributed by atoms with van der Waals surface area (Å²) in [4.78, 5) is 13.2. The van der Waals surface area contributed by atoms with Crippen molar-refractivity contribution >= 4 is 16.6 Å². The first-order valence-corrected chi connectivity index (χ1v) is 11.3. The third kappa shape index (κ3) is 4.61. The molecule has 3 N–H and O–H groups in total. The molecule has 6 nitrogen and oxygen atoms in total. The number of nitrogens with two attached hydrogens (primary N) is 1. The minimum atomic E-state index is 0.601. The van der Waals surface area contributed by atoms with Gasteiger partial charge in [0.25, 0.3) is 0 Å². The zero-order valence-corrected chi connectivity index (χ0v) is 18.5. The van der Waals surface area contributed by atoms with Crippen LogP contribution in [0, 0.1) is 0 Å². The number of pyridine rings is 1. The molecule has 2 aromatic heterocycles. The van der Waals surface area contributed by atoms with Crippen LogP contribution in [0.5, 0.6) is 0 Å². The first kappa shape index (κ1) is 21.1. The quantitative estimate of drug-likeness (QED) is 0.450. The Morgan fingerprint density at radius 1 is 1.23 bits per heavy atom. The Morgan fingerprint density at radius 3 is 2.77 bits per heavy atom. The molecule has 0 atom stereocenters. The van der Waals surface area contributed by atoms with Gasteiger partial charge in [-0.25, -0.2) is 10.8 Å². The van der Waals surface area contributed by atoms with E-state index >= 15 is 0 Å². The summed E-state index contributed by atoms with van der Waals surface area (Å²) in [5, 5.41) is 2.72. The maximum Gasteiger partial charge on any atom is 0.137 e. The molecule has 30 heavy (non-hydrogen) atoms. The van der Waals surface area contributed by atoms with Crippen LogP contribution in [-0.2, 0) is 0 Å². The van der Waals surface area contributed by atoms with E-state index in [0.29, 0.717) is 5.92 Å². The smallest absolute Gasteiger partial charge is 0.137 e. The van der Waals surface area contributed by atoms with Crippen molar-refractivity contribution in [2.75, 3.05) is 40.3 Å². The number of H-pyrrole nitrogens is 1. The number of hydrogen-bond donors (Lipinski definition) is 2. The first-order valence-electron chi connectivity index (χ1n) is 11.3. The van der Waals surface area contributed by atoms with Gasteiger partial charge in [0.05, 0.1) is 0 Å². The molecule has 0 aromatic carbocycles. The maximum atomic E-state index is 5.83. The van der Waals surface area contributed by atoms with E-state index in [2.05, 4.69) is 40.7 Å². The van der Waals surface area contributed by atoms with Crippen LogP contribution in [0.1, 0.15) is 49.1 Å². The van der Waals surface area contributed by atoms with Crippen molar-refractivity contribution in [2.24, 2.45) is 5.84 Å². The highest BCUT2D eigenvalue weighted by Gasteiger charge is 2.28. The van der Waals surface area contributed by atoms with Crippen molar-refractivity contribution in [3.63, 3.8) is 0 Å². The molecule has 3 heterocycles. The van der Waals surface area contributed by atoms with Gasteiger partial charge in [-0.15, -0.1) is 0 Å². The Kier molecular flexibility index (Phi) is 6.56. The number of nitrogens with zero attached hydrogens (tertiary/aromatic N) is 4. The number of aromatic nitrogens is 2. The molecule has 1 aliphatic heterocycles. The fourth-order valence-corrected chi connectivity index (χ4v) is 5.14. The van der Waals surface area contributed by atoms with Gasteiger partial charge in [0.1, 0.15) is 5.65 Å². The van der Waals surface area contributed by atoms with E-state index in [4.69, 9.17) is 10.8 Å². The van der Waals surface area contributed by atoms with Gasteiger partial charge in [-0.1, -0.05) is 12.7 Å². The van der Waals surface area contributed by atoms with E-state index in [-0.39, 0.29) is 0 Å². The number of rotatable bonds is 5. The van der Waals surface area contributed by atoms with E-state index in [1.165, 1.54) is 63.8 Å². The lowest BCUT2D eigenvalue weighted by Crippen LogP contribution is -2.40. The van der Waals surface area contributed by atoms with Gasteiger partial charge in [-0.05, 0) is 69.8 Å². The molecule has 2 fully saturated rings. The van der Waals surface area contributed by atoms with Crippen molar-refractivity contribution < 1.29 is 0 Å². The topological polar surface area (TPSA) is 64.4 Å². The minimum Gasteiger partial charge on any atom is -0.346 e. The monoisotopic (exact) mass is 408 g/mol. The molecule has 0 unspecified atom stereocenters. The lowest BCUT2D eigenvalue weighted by molar-refractivity contribution is 0.154. The number of nitrogens with one attached hydrogen (secondary N) is 1. The zero-order valence-electron chi connectivity index (χ0n) is 18.5. The molecular weight excluding hydrogens is 372 g/mol. The third-order valence-corrected chi connectivity index (χ3v) is 6.86. The number of aromatic amines is 1. The zero-order chi connectivity index (χ0) is 21.1. The third-order valence-electron chi connectivity index (χ3n) is 6.86. The van der Waals surface area contributed by atoms with Crippen LogP contribution in [-0.4, -0.2) is 71.1 Å². The predicted molar refractivity (Wildman–Crippen MR) is 125 cm³/mol. The van der Waals surface area contributed by atoms with E-state index in [9.17, 15) is 0 Å². The Balaban J connectivity index is 1.48. The highest BCUT2D eigenvalue weighted by atomic mass is 15.4. The summed E-state index contributed by atoms with van der Waals surface area (Å²) in [7, 11) is 4.07. The standard InChI is InChI=1S/C24H36N6/c1-4-18(17-29(3)25)23-16-27-24-22(23)14-20(15-26-24)19-6-8-21(9-7-19)30-11-5-10-28(2)12-13-30/h4,14-17,19,21H,1,5-13,25H2,2-3H3,(H,26,27)/b18-17+/t19-,21+. The van der Waals surface area contributed by atoms with Crippen LogP contribution in [0.15, 0.2) is 37.3 Å². The lowest BCUT2D eigenvalue weighted by Gasteiger charge is -2.36. The first-order chi connectivity index (χ1) is 14.5. The van der Waals surface area contributed by atoms with Gasteiger partial charge in [-0.3, -0.25) is 4.90 Å². The number of hydrazine groups is 1. The van der Waals surface area contributed by atoms with Gasteiger partial charge in [0.15, 0.2) is 0 Å². The highest BCUT2D eigenvalue weighted by Crippen LogP contribution is 2.36. The van der Waals surface area contributed by atoms with Crippen molar-refractivity contribution in [1.29, 1.82) is 0 Å². The molecule has 162 valence electrons. The Hall–Kier alpha value is -2.15. The van der Waals surface area contributed by atoms with Crippen LogP contribution in [0.2, 0.25) is 0 Å². The Labute approximate surface area is 180 Å². The second-order valence-electron chi connectivity index (χ2n) is 9.02. The Bertz CT molecular complexity index is 890. The summed E-state index contributed by atoms with van der Waals surface area (Å²) in [6.07, 6.45) is 14.2. The van der Waals surface area contributed by atoms with Gasteiger partial charge >= 0.3 is 0 Å². The molecular formula is C24H36N6. The second kappa shape index (κ2) is 9.33. The summed E-state index contributed by atoms with van der Waals surface area (Å²) in [6.45, 7) is 8.87. The molecule has 0 amide bonds. The molecule has 0 radical (unpaired) electrons. The number of allylic oxidation sites excluding steroid dienone is 2. The average molecular weight is 409 g/mol. The fraction of sp³-hybridized carbons (Fsp3) is 0.542. The van der Waals surface area contributed by atoms with Crippen LogP contribution in [0.4, 0.5) is 0 Å². The summed E-state index contributed by atoms with van der Waals surface area (Å²) in [5.74, 6) is 6.44. The van der Waals surface area contributed by atoms with E-state index in [1.54, 1.807) is 5.01 Å². The molecule has 2 aromatic rings. The van der Waals surface area contributed by atoms with Gasteiger partial charge in [0, 0.05) is 61.3 Å². The number of fused-ring (bicyclic) bond motifs is 1. The molecule has 0 spiro atoms. The molecule has 0 bridgehead atoms. The SMILES string of the molecule is C=C/C(=C\N(C)N)c1c[nH]c2ncc([C@H]3CC[C@@H](N4CCCN(C)CC4)CC3)cc12. The van der Waals surface area contributed by atoms with Crippen molar-refractivity contribution in [3.05, 3.63) is 48.4 Å². The van der Waals surface area contributed by atoms with Crippen molar-refractivity contribution in [2.45, 2.75) is 44.1 Å². The fourth-order valence-electron chi connectivity index (χ4n) is 5.14.